The number of hydrogen-bond donors (Lipinski definition) is 1. The van der Waals surface area contributed by atoms with Crippen LogP contribution in [0.2, 0.25) is 0 Å². The minimum atomic E-state index is -3.50. The molecule has 0 unspecified atom stereocenters. The van der Waals surface area contributed by atoms with E-state index in [1.54, 1.807) is 16.4 Å². The Morgan fingerprint density at radius 2 is 1.64 bits per heavy atom. The maximum Gasteiger partial charge on any atom is 1.00 e. The van der Waals surface area contributed by atoms with Crippen LogP contribution in [-0.2, 0) is 10.0 Å². The Kier molecular flexibility index (Phi) is 8.15. The molecule has 0 aliphatic heterocycles. The van der Waals surface area contributed by atoms with Gasteiger partial charge in [-0.15, -0.1) is 4.24 Å². The minimum Gasteiger partial charge on any atom is -0.412 e. The maximum absolute atomic E-state index is 11.1. The summed E-state index contributed by atoms with van der Waals surface area (Å²) in [5, 5.41) is 0. The van der Waals surface area contributed by atoms with E-state index < -0.39 is 10.0 Å². The number of rotatable bonds is 2. The number of benzene rings is 1. The molecule has 0 saturated heterocycles. The van der Waals surface area contributed by atoms with Gasteiger partial charge in [0, 0.05) is 0 Å². The van der Waals surface area contributed by atoms with Gasteiger partial charge in [-0.05, 0) is 30.8 Å². The Bertz CT molecular complexity index is 365. The average molecular weight is 247 g/mol. The maximum atomic E-state index is 11.1. The van der Waals surface area contributed by atoms with Gasteiger partial charge in [-0.25, -0.2) is 8.42 Å². The van der Waals surface area contributed by atoms with Crippen LogP contribution in [-0.4, -0.2) is 13.9 Å². The number of sulfonamides is 1. The fourth-order valence-corrected chi connectivity index (χ4v) is 1.61. The summed E-state index contributed by atoms with van der Waals surface area (Å²) in [4.78, 5) is 0.170. The molecule has 3 N–H and O–H groups in total. The Hall–Kier alpha value is 0.380. The molecule has 7 heteroatoms. The van der Waals surface area contributed by atoms with Crippen LogP contribution in [0, 0.1) is 6.92 Å². The zero-order valence-electron chi connectivity index (χ0n) is 7.91. The molecule has 0 fully saturated rings. The van der Waals surface area contributed by atoms with Gasteiger partial charge in [-0.2, -0.15) is 0 Å². The summed E-state index contributed by atoms with van der Waals surface area (Å²) in [5.41, 5.74) is 1.00. The first kappa shape index (κ1) is 16.8. The van der Waals surface area contributed by atoms with Gasteiger partial charge in [-0.1, -0.05) is 17.7 Å². The molecular weight excluding hydrogens is 237 g/mol. The fraction of sp³-hybridized carbons (Fsp3) is 0.143. The summed E-state index contributed by atoms with van der Waals surface area (Å²) < 4.78 is 23.9. The molecule has 0 bridgehead atoms. The first-order chi connectivity index (χ1) is 5.56. The zero-order chi connectivity index (χ0) is 9.19. The molecule has 0 aliphatic rings. The van der Waals surface area contributed by atoms with Crippen LogP contribution in [0.25, 0.3) is 0 Å². The third kappa shape index (κ3) is 4.27. The summed E-state index contributed by atoms with van der Waals surface area (Å²) in [7, 11) is -3.50. The number of nitrogens with one attached hydrogen (secondary N) is 1. The summed E-state index contributed by atoms with van der Waals surface area (Å²) in [6, 6.07) is 6.42. The molecule has 0 aliphatic carbocycles. The van der Waals surface area contributed by atoms with Crippen molar-refractivity contribution in [3.05, 3.63) is 29.8 Å². The van der Waals surface area contributed by atoms with Gasteiger partial charge >= 0.3 is 29.6 Å². The van der Waals surface area contributed by atoms with E-state index in [4.69, 9.17) is 11.8 Å². The zero-order valence-corrected chi connectivity index (χ0v) is 11.5. The van der Waals surface area contributed by atoms with Gasteiger partial charge < -0.3 is 5.48 Å². The van der Waals surface area contributed by atoms with E-state index in [2.05, 4.69) is 0 Å². The molecule has 0 spiro atoms. The first-order valence-corrected chi connectivity index (χ1v) is 5.11. The van der Waals surface area contributed by atoms with Crippen molar-refractivity contribution in [3.63, 3.8) is 0 Å². The van der Waals surface area contributed by atoms with Crippen molar-refractivity contribution >= 4 is 21.8 Å². The molecule has 1 aromatic carbocycles. The monoisotopic (exact) mass is 246 g/mol. The summed E-state index contributed by atoms with van der Waals surface area (Å²) >= 11 is 5.03. The standard InChI is InChI=1S/C7H8ClNO2S.Na.H2O/c1-6-2-4-7(5-3-6)12(10,11)9-8;;/h2-5,9H,1H3;;1H2/q;+1;. The molecule has 0 radical (unpaired) electrons. The van der Waals surface area contributed by atoms with E-state index in [1.165, 1.54) is 12.1 Å². The average Bonchev–Trinajstić information content (AvgIpc) is 2.05. The van der Waals surface area contributed by atoms with Crippen molar-refractivity contribution in [2.24, 2.45) is 0 Å². The van der Waals surface area contributed by atoms with Crippen LogP contribution in [0.3, 0.4) is 0 Å². The Labute approximate surface area is 110 Å². The van der Waals surface area contributed by atoms with Crippen LogP contribution in [0.5, 0.6) is 0 Å². The van der Waals surface area contributed by atoms with E-state index >= 15 is 0 Å². The Morgan fingerprint density at radius 3 is 2.00 bits per heavy atom. The van der Waals surface area contributed by atoms with Gasteiger partial charge in [0.2, 0.25) is 0 Å². The largest absolute Gasteiger partial charge is 1.00 e. The first-order valence-electron chi connectivity index (χ1n) is 3.25. The third-order valence-electron chi connectivity index (χ3n) is 1.43. The molecule has 1 aromatic rings. The van der Waals surface area contributed by atoms with Gasteiger partial charge in [0.05, 0.1) is 4.90 Å². The van der Waals surface area contributed by atoms with Gasteiger partial charge in [-0.3, -0.25) is 0 Å². The second-order valence-electron chi connectivity index (χ2n) is 2.39. The molecule has 14 heavy (non-hydrogen) atoms. The molecule has 74 valence electrons. The number of halogens is 1. The van der Waals surface area contributed by atoms with Gasteiger partial charge in [0.15, 0.2) is 0 Å². The third-order valence-corrected chi connectivity index (χ3v) is 3.14. The second-order valence-corrected chi connectivity index (χ2v) is 4.49. The van der Waals surface area contributed by atoms with Gasteiger partial charge in [0.1, 0.15) is 0 Å². The molecular formula is C7H10ClNNaO3S+. The van der Waals surface area contributed by atoms with Crippen LogP contribution in [0.4, 0.5) is 0 Å². The summed E-state index contributed by atoms with van der Waals surface area (Å²) in [6.07, 6.45) is 0. The Balaban J connectivity index is 0. The number of hydrogen-bond acceptors (Lipinski definition) is 2. The molecule has 0 amide bonds. The fourth-order valence-electron chi connectivity index (χ4n) is 0.762. The van der Waals surface area contributed by atoms with E-state index in [0.717, 1.165) is 5.56 Å². The second kappa shape index (κ2) is 6.79. The van der Waals surface area contributed by atoms with Gasteiger partial charge in [0.25, 0.3) is 10.0 Å². The number of aryl methyl sites for hydroxylation is 1. The Morgan fingerprint density at radius 1 is 1.21 bits per heavy atom. The topological polar surface area (TPSA) is 77.7 Å². The van der Waals surface area contributed by atoms with Crippen molar-refractivity contribution in [3.8, 4) is 0 Å². The summed E-state index contributed by atoms with van der Waals surface area (Å²) in [5.74, 6) is 0. The van der Waals surface area contributed by atoms with E-state index in [9.17, 15) is 8.42 Å². The van der Waals surface area contributed by atoms with Crippen molar-refractivity contribution in [1.29, 1.82) is 0 Å². The minimum absolute atomic E-state index is 0. The smallest absolute Gasteiger partial charge is 0.412 e. The molecule has 4 nitrogen and oxygen atoms in total. The summed E-state index contributed by atoms with van der Waals surface area (Å²) in [6.45, 7) is 1.88. The SMILES string of the molecule is Cc1ccc(S(=O)(=O)NCl)cc1.O.[Na+]. The van der Waals surface area contributed by atoms with Crippen molar-refractivity contribution in [2.75, 3.05) is 0 Å². The van der Waals surface area contributed by atoms with E-state index in [0.29, 0.717) is 0 Å². The van der Waals surface area contributed by atoms with Crippen LogP contribution in [0.1, 0.15) is 5.56 Å². The van der Waals surface area contributed by atoms with Crippen molar-refractivity contribution in [1.82, 2.24) is 4.24 Å². The molecule has 0 aromatic heterocycles. The van der Waals surface area contributed by atoms with Crippen molar-refractivity contribution < 1.29 is 43.5 Å². The quantitative estimate of drug-likeness (QED) is 0.467. The van der Waals surface area contributed by atoms with Crippen molar-refractivity contribution in [2.45, 2.75) is 11.8 Å². The molecule has 1 rings (SSSR count). The van der Waals surface area contributed by atoms with E-state index in [1.807, 2.05) is 6.92 Å². The molecule has 0 atom stereocenters. The van der Waals surface area contributed by atoms with Crippen LogP contribution >= 0.6 is 11.8 Å². The van der Waals surface area contributed by atoms with Crippen LogP contribution in [0.15, 0.2) is 29.2 Å². The van der Waals surface area contributed by atoms with E-state index in [-0.39, 0.29) is 39.9 Å². The molecule has 0 saturated carbocycles. The molecule has 0 heterocycles. The van der Waals surface area contributed by atoms with Crippen LogP contribution < -0.4 is 33.8 Å². The predicted molar refractivity (Wildman–Crippen MR) is 51.0 cm³/mol. The normalized spacial score (nSPS) is 9.86. The predicted octanol–water partition coefficient (Wildman–Crippen LogP) is -2.39.